The molecule has 1 aromatic carbocycles. The van der Waals surface area contributed by atoms with Gasteiger partial charge >= 0.3 is 6.03 Å². The Kier molecular flexibility index (Phi) is 6.39. The van der Waals surface area contributed by atoms with Crippen molar-refractivity contribution in [3.8, 4) is 0 Å². The quantitative estimate of drug-likeness (QED) is 0.766. The van der Waals surface area contributed by atoms with Crippen molar-refractivity contribution < 1.29 is 9.59 Å². The van der Waals surface area contributed by atoms with E-state index in [1.54, 1.807) is 30.3 Å². The van der Waals surface area contributed by atoms with Crippen molar-refractivity contribution in [2.75, 3.05) is 33.7 Å². The number of hydrogen-bond donors (Lipinski definition) is 0. The standard InChI is InChI=1S/C22H29N3O2S/c1-16(2)14-24(22(27)23(3)4)15-20(26)25-12-10-19-18(11-13-28-19)21(25)17-8-6-5-7-9-17/h5-9,11,13,16,21H,10,12,14-15H2,1-4H3. The maximum Gasteiger partial charge on any atom is 0.319 e. The Balaban J connectivity index is 1.87. The van der Waals surface area contributed by atoms with Crippen LogP contribution in [-0.4, -0.2) is 60.4 Å². The van der Waals surface area contributed by atoms with Crippen molar-refractivity contribution in [2.45, 2.75) is 26.3 Å². The fraction of sp³-hybridized carbons (Fsp3) is 0.455. The van der Waals surface area contributed by atoms with Crippen LogP contribution in [0.2, 0.25) is 0 Å². The number of amides is 3. The van der Waals surface area contributed by atoms with Gasteiger partial charge in [-0.15, -0.1) is 11.3 Å². The van der Waals surface area contributed by atoms with Crippen LogP contribution in [-0.2, 0) is 11.2 Å². The molecule has 0 spiro atoms. The molecule has 0 fully saturated rings. The summed E-state index contributed by atoms with van der Waals surface area (Å²) in [6.45, 7) is 5.48. The van der Waals surface area contributed by atoms with Crippen molar-refractivity contribution in [1.82, 2.24) is 14.7 Å². The zero-order chi connectivity index (χ0) is 20.3. The summed E-state index contributed by atoms with van der Waals surface area (Å²) < 4.78 is 0. The molecule has 0 bridgehead atoms. The highest BCUT2D eigenvalue weighted by molar-refractivity contribution is 7.10. The lowest BCUT2D eigenvalue weighted by atomic mass is 9.93. The predicted octanol–water partition coefficient (Wildman–Crippen LogP) is 3.86. The summed E-state index contributed by atoms with van der Waals surface area (Å²) in [7, 11) is 3.46. The molecule has 1 aliphatic rings. The van der Waals surface area contributed by atoms with E-state index in [1.807, 2.05) is 23.1 Å². The first-order valence-electron chi connectivity index (χ1n) is 9.75. The van der Waals surface area contributed by atoms with E-state index in [1.165, 1.54) is 15.3 Å². The Hall–Kier alpha value is -2.34. The minimum absolute atomic E-state index is 0.00144. The van der Waals surface area contributed by atoms with E-state index in [9.17, 15) is 9.59 Å². The molecule has 3 rings (SSSR count). The average molecular weight is 400 g/mol. The third kappa shape index (κ3) is 4.38. The van der Waals surface area contributed by atoms with E-state index >= 15 is 0 Å². The van der Waals surface area contributed by atoms with E-state index in [4.69, 9.17) is 0 Å². The molecule has 0 saturated heterocycles. The summed E-state index contributed by atoms with van der Waals surface area (Å²) in [5.74, 6) is 0.299. The second-order valence-electron chi connectivity index (χ2n) is 7.90. The van der Waals surface area contributed by atoms with Gasteiger partial charge in [0, 0.05) is 32.1 Å². The van der Waals surface area contributed by atoms with Crippen molar-refractivity contribution in [3.63, 3.8) is 0 Å². The largest absolute Gasteiger partial charge is 0.331 e. The van der Waals surface area contributed by atoms with Crippen molar-refractivity contribution >= 4 is 23.3 Å². The van der Waals surface area contributed by atoms with Crippen LogP contribution in [0.3, 0.4) is 0 Å². The molecule has 1 aliphatic heterocycles. The van der Waals surface area contributed by atoms with Crippen molar-refractivity contribution in [1.29, 1.82) is 0 Å². The molecule has 0 aliphatic carbocycles. The van der Waals surface area contributed by atoms with Gasteiger partial charge < -0.3 is 14.7 Å². The van der Waals surface area contributed by atoms with Gasteiger partial charge in [-0.05, 0) is 34.9 Å². The van der Waals surface area contributed by atoms with E-state index in [2.05, 4.69) is 37.4 Å². The van der Waals surface area contributed by atoms with E-state index < -0.39 is 0 Å². The van der Waals surface area contributed by atoms with Crippen molar-refractivity contribution in [2.24, 2.45) is 5.92 Å². The number of nitrogens with zero attached hydrogens (tertiary/aromatic N) is 3. The average Bonchev–Trinajstić information content (AvgIpc) is 3.15. The Bertz CT molecular complexity index is 816. The molecule has 0 radical (unpaired) electrons. The molecule has 1 unspecified atom stereocenters. The van der Waals surface area contributed by atoms with E-state index in [-0.39, 0.29) is 24.5 Å². The summed E-state index contributed by atoms with van der Waals surface area (Å²) >= 11 is 1.76. The summed E-state index contributed by atoms with van der Waals surface area (Å²) in [4.78, 5) is 32.4. The van der Waals surface area contributed by atoms with Crippen LogP contribution in [0.1, 0.15) is 35.9 Å². The second kappa shape index (κ2) is 8.78. The first-order valence-corrected chi connectivity index (χ1v) is 10.6. The van der Waals surface area contributed by atoms with Gasteiger partial charge in [0.25, 0.3) is 0 Å². The number of rotatable bonds is 5. The molecular weight excluding hydrogens is 370 g/mol. The summed E-state index contributed by atoms with van der Waals surface area (Å²) in [5, 5.41) is 2.11. The lowest BCUT2D eigenvalue weighted by molar-refractivity contribution is -0.134. The zero-order valence-electron chi connectivity index (χ0n) is 17.1. The second-order valence-corrected chi connectivity index (χ2v) is 8.90. The van der Waals surface area contributed by atoms with E-state index in [0.29, 0.717) is 19.0 Å². The minimum Gasteiger partial charge on any atom is -0.331 e. The number of thiophene rings is 1. The maximum absolute atomic E-state index is 13.3. The maximum atomic E-state index is 13.3. The van der Waals surface area contributed by atoms with Crippen LogP contribution in [0.25, 0.3) is 0 Å². The summed E-state index contributed by atoms with van der Waals surface area (Å²) in [6, 6.07) is 12.1. The molecule has 28 heavy (non-hydrogen) atoms. The van der Waals surface area contributed by atoms with Gasteiger partial charge in [0.2, 0.25) is 5.91 Å². The highest BCUT2D eigenvalue weighted by Crippen LogP contribution is 2.37. The summed E-state index contributed by atoms with van der Waals surface area (Å²) in [6.07, 6.45) is 0.869. The molecule has 150 valence electrons. The van der Waals surface area contributed by atoms with Gasteiger partial charge in [0.1, 0.15) is 6.54 Å². The Morgan fingerprint density at radius 2 is 1.89 bits per heavy atom. The van der Waals surface area contributed by atoms with Crippen LogP contribution in [0.5, 0.6) is 0 Å². The number of fused-ring (bicyclic) bond motifs is 1. The third-order valence-electron chi connectivity index (χ3n) is 4.97. The Labute approximate surface area is 171 Å². The number of benzene rings is 1. The van der Waals surface area contributed by atoms with Crippen molar-refractivity contribution in [3.05, 3.63) is 57.8 Å². The highest BCUT2D eigenvalue weighted by atomic mass is 32.1. The molecule has 0 saturated carbocycles. The topological polar surface area (TPSA) is 43.9 Å². The van der Waals surface area contributed by atoms with Gasteiger partial charge in [-0.1, -0.05) is 44.2 Å². The van der Waals surface area contributed by atoms with Crippen LogP contribution < -0.4 is 0 Å². The predicted molar refractivity (Wildman–Crippen MR) is 114 cm³/mol. The first-order chi connectivity index (χ1) is 13.4. The molecule has 1 atom stereocenters. The van der Waals surface area contributed by atoms with Crippen LogP contribution in [0, 0.1) is 5.92 Å². The van der Waals surface area contributed by atoms with Gasteiger partial charge in [0.05, 0.1) is 6.04 Å². The monoisotopic (exact) mass is 399 g/mol. The summed E-state index contributed by atoms with van der Waals surface area (Å²) in [5.41, 5.74) is 2.33. The molecule has 5 nitrogen and oxygen atoms in total. The number of urea groups is 1. The van der Waals surface area contributed by atoms with Gasteiger partial charge in [-0.25, -0.2) is 4.79 Å². The third-order valence-corrected chi connectivity index (χ3v) is 5.96. The molecule has 0 N–H and O–H groups in total. The van der Waals surface area contributed by atoms with Gasteiger partial charge in [-0.3, -0.25) is 4.79 Å². The Morgan fingerprint density at radius 3 is 2.54 bits per heavy atom. The fourth-order valence-electron chi connectivity index (χ4n) is 3.77. The zero-order valence-corrected chi connectivity index (χ0v) is 17.9. The van der Waals surface area contributed by atoms with Crippen LogP contribution in [0.15, 0.2) is 41.8 Å². The molecule has 1 aromatic heterocycles. The lowest BCUT2D eigenvalue weighted by Crippen LogP contribution is -2.49. The molecule has 2 heterocycles. The number of carbonyl (C=O) groups excluding carboxylic acids is 2. The number of carbonyl (C=O) groups is 2. The fourth-order valence-corrected chi connectivity index (χ4v) is 4.67. The van der Waals surface area contributed by atoms with E-state index in [0.717, 1.165) is 12.0 Å². The lowest BCUT2D eigenvalue weighted by Gasteiger charge is -2.38. The highest BCUT2D eigenvalue weighted by Gasteiger charge is 2.34. The number of hydrogen-bond acceptors (Lipinski definition) is 3. The Morgan fingerprint density at radius 1 is 1.18 bits per heavy atom. The minimum atomic E-state index is -0.119. The molecule has 3 amide bonds. The molecule has 6 heteroatoms. The van der Waals surface area contributed by atoms with Crippen LogP contribution in [0.4, 0.5) is 4.79 Å². The normalized spacial score (nSPS) is 16.0. The molecule has 2 aromatic rings. The van der Waals surface area contributed by atoms with Crippen LogP contribution >= 0.6 is 11.3 Å². The first kappa shape index (κ1) is 20.4. The van der Waals surface area contributed by atoms with Gasteiger partial charge in [0.15, 0.2) is 0 Å². The SMILES string of the molecule is CC(C)CN(CC(=O)N1CCc2sccc2C1c1ccccc1)C(=O)N(C)C. The van der Waals surface area contributed by atoms with Gasteiger partial charge in [-0.2, -0.15) is 0 Å². The smallest absolute Gasteiger partial charge is 0.319 e. The molecular formula is C22H29N3O2S.